The molecule has 1 amide bonds. The Morgan fingerprint density at radius 3 is 1.51 bits per heavy atom. The number of hydrogen-bond donors (Lipinski definition) is 2. The molecule has 1 atom stereocenters. The van der Waals surface area contributed by atoms with Crippen LogP contribution in [0.5, 0.6) is 0 Å². The van der Waals surface area contributed by atoms with Crippen LogP contribution in [0.4, 0.5) is 26.3 Å². The number of halogens is 6. The zero-order valence-corrected chi connectivity index (χ0v) is 29.4. The maximum absolute atomic E-state index is 13.3. The third kappa shape index (κ3) is 9.74. The maximum Gasteiger partial charge on any atom is 0.453 e. The Balaban J connectivity index is 0.000000214. The molecule has 55 heavy (non-hydrogen) atoms. The number of carbonyl (C=O) groups excluding carboxylic acids is 1. The number of benzene rings is 4. The number of ether oxygens (including phenoxy) is 1. The lowest BCUT2D eigenvalue weighted by Crippen LogP contribution is -2.35. The van der Waals surface area contributed by atoms with Crippen molar-refractivity contribution in [3.05, 3.63) is 119 Å². The van der Waals surface area contributed by atoms with Crippen molar-refractivity contribution in [3.8, 4) is 33.6 Å². The van der Waals surface area contributed by atoms with Crippen molar-refractivity contribution in [2.75, 3.05) is 13.7 Å². The van der Waals surface area contributed by atoms with Crippen molar-refractivity contribution in [1.29, 1.82) is 0 Å². The van der Waals surface area contributed by atoms with E-state index in [1.165, 1.54) is 31.4 Å². The number of aryl methyl sites for hydroxylation is 2. The van der Waals surface area contributed by atoms with Crippen molar-refractivity contribution in [2.24, 2.45) is 0 Å². The van der Waals surface area contributed by atoms with Gasteiger partial charge in [-0.3, -0.25) is 4.79 Å². The largest absolute Gasteiger partial charge is 0.478 e. The summed E-state index contributed by atoms with van der Waals surface area (Å²) in [6.45, 7) is 5.86. The molecule has 2 N–H and O–H groups in total. The summed E-state index contributed by atoms with van der Waals surface area (Å²) in [5, 5.41) is 31.1. The SMILES string of the molecule is COCC(C)NC(=O)c1cc(-c2ccc(C)cc2)cc(-n2nnnc2C(F)(F)F)c1.Cc1ccc(-c2cc(C(=O)O)cc(-n3nnnc3C(F)(F)F)c2)cc1. The average Bonchev–Trinajstić information content (AvgIpc) is 3.84. The van der Waals surface area contributed by atoms with Crippen LogP contribution >= 0.6 is 0 Å². The van der Waals surface area contributed by atoms with Crippen molar-refractivity contribution >= 4 is 11.9 Å². The lowest BCUT2D eigenvalue weighted by molar-refractivity contribution is -0.147. The maximum atomic E-state index is 13.3. The zero-order valence-electron chi connectivity index (χ0n) is 29.4. The predicted octanol–water partition coefficient (Wildman–Crippen LogP) is 6.78. The number of amides is 1. The first-order chi connectivity index (χ1) is 25.9. The van der Waals surface area contributed by atoms with Gasteiger partial charge in [0, 0.05) is 18.7 Å². The molecule has 2 heterocycles. The van der Waals surface area contributed by atoms with Gasteiger partial charge in [-0.2, -0.15) is 35.7 Å². The molecule has 0 spiro atoms. The quantitative estimate of drug-likeness (QED) is 0.150. The topological polar surface area (TPSA) is 163 Å². The number of tetrazole rings is 2. The van der Waals surface area contributed by atoms with Crippen molar-refractivity contribution < 1.29 is 45.8 Å². The first-order valence-electron chi connectivity index (χ1n) is 16.1. The van der Waals surface area contributed by atoms with E-state index in [1.807, 2.05) is 50.2 Å². The lowest BCUT2D eigenvalue weighted by Gasteiger charge is -2.15. The zero-order chi connectivity index (χ0) is 40.1. The second-order valence-corrected chi connectivity index (χ2v) is 12.2. The molecule has 0 bridgehead atoms. The Morgan fingerprint density at radius 2 is 1.11 bits per heavy atom. The number of aromatic carboxylic acids is 1. The summed E-state index contributed by atoms with van der Waals surface area (Å²) in [4.78, 5) is 24.1. The number of hydrogen-bond acceptors (Lipinski definition) is 9. The van der Waals surface area contributed by atoms with Gasteiger partial charge in [0.2, 0.25) is 0 Å². The minimum Gasteiger partial charge on any atom is -0.478 e. The third-order valence-corrected chi connectivity index (χ3v) is 7.84. The molecule has 6 aromatic rings. The van der Waals surface area contributed by atoms with E-state index in [0.29, 0.717) is 32.7 Å². The number of nitrogens with one attached hydrogen (secondary N) is 1. The smallest absolute Gasteiger partial charge is 0.453 e. The van der Waals surface area contributed by atoms with Crippen LogP contribution < -0.4 is 5.32 Å². The van der Waals surface area contributed by atoms with Crippen LogP contribution in [0.3, 0.4) is 0 Å². The predicted molar refractivity (Wildman–Crippen MR) is 184 cm³/mol. The van der Waals surface area contributed by atoms with E-state index in [1.54, 1.807) is 25.1 Å². The van der Waals surface area contributed by atoms with Crippen LogP contribution in [-0.4, -0.2) is 77.2 Å². The van der Waals surface area contributed by atoms with Gasteiger partial charge < -0.3 is 15.2 Å². The second-order valence-electron chi connectivity index (χ2n) is 12.2. The summed E-state index contributed by atoms with van der Waals surface area (Å²) < 4.78 is 85.0. The molecule has 0 aliphatic rings. The van der Waals surface area contributed by atoms with E-state index in [2.05, 4.69) is 36.4 Å². The van der Waals surface area contributed by atoms with E-state index < -0.39 is 35.9 Å². The third-order valence-electron chi connectivity index (χ3n) is 7.84. The molecule has 0 saturated carbocycles. The standard InChI is InChI=1S/C20H20F3N5O2.C16H11F3N4O2/c1-12-4-6-14(7-5-12)15-8-16(18(29)24-13(2)11-30-3)10-17(9-15)28-19(20(21,22)23)25-26-27-28;1-9-2-4-10(5-3-9)11-6-12(14(24)25)8-13(7-11)23-15(16(17,18)19)20-21-22-23/h4-10,13H,11H2,1-3H3,(H,24,29);2-8H,1H3,(H,24,25). The number of rotatable bonds is 9. The van der Waals surface area contributed by atoms with Gasteiger partial charge >= 0.3 is 18.3 Å². The Kier molecular flexibility index (Phi) is 11.7. The molecule has 4 aromatic carbocycles. The first kappa shape index (κ1) is 39.7. The molecule has 0 aliphatic heterocycles. The molecule has 0 radical (unpaired) electrons. The molecular formula is C36H31F6N9O4. The minimum atomic E-state index is -4.77. The highest BCUT2D eigenvalue weighted by Gasteiger charge is 2.39. The average molecular weight is 768 g/mol. The summed E-state index contributed by atoms with van der Waals surface area (Å²) in [5.41, 5.74) is 4.37. The van der Waals surface area contributed by atoms with E-state index in [-0.39, 0.29) is 28.5 Å². The Hall–Kier alpha value is -6.50. The molecule has 1 unspecified atom stereocenters. The van der Waals surface area contributed by atoms with Crippen LogP contribution in [0.1, 0.15) is 50.4 Å². The fourth-order valence-corrected chi connectivity index (χ4v) is 5.22. The molecule has 286 valence electrons. The molecule has 13 nitrogen and oxygen atoms in total. The van der Waals surface area contributed by atoms with E-state index >= 15 is 0 Å². The fourth-order valence-electron chi connectivity index (χ4n) is 5.22. The van der Waals surface area contributed by atoms with Gasteiger partial charge in [-0.05, 0) is 100 Å². The summed E-state index contributed by atoms with van der Waals surface area (Å²) in [5.74, 6) is -4.32. The number of carboxylic acids is 1. The Morgan fingerprint density at radius 1 is 0.691 bits per heavy atom. The van der Waals surface area contributed by atoms with Gasteiger partial charge in [0.15, 0.2) is 0 Å². The van der Waals surface area contributed by atoms with Crippen LogP contribution in [0, 0.1) is 13.8 Å². The molecule has 19 heteroatoms. The van der Waals surface area contributed by atoms with Crippen LogP contribution in [0.2, 0.25) is 0 Å². The van der Waals surface area contributed by atoms with E-state index in [4.69, 9.17) is 4.74 Å². The molecule has 0 aliphatic carbocycles. The van der Waals surface area contributed by atoms with Crippen LogP contribution in [0.25, 0.3) is 33.6 Å². The summed E-state index contributed by atoms with van der Waals surface area (Å²) in [7, 11) is 1.51. The van der Waals surface area contributed by atoms with Gasteiger partial charge in [0.1, 0.15) is 0 Å². The number of carbonyl (C=O) groups is 2. The van der Waals surface area contributed by atoms with Crippen molar-refractivity contribution in [2.45, 2.75) is 39.2 Å². The van der Waals surface area contributed by atoms with Crippen molar-refractivity contribution in [3.63, 3.8) is 0 Å². The Bertz CT molecular complexity index is 2290. The molecule has 6 rings (SSSR count). The molecule has 0 fully saturated rings. The van der Waals surface area contributed by atoms with Gasteiger partial charge in [0.25, 0.3) is 17.6 Å². The second kappa shape index (κ2) is 16.3. The molecule has 0 saturated heterocycles. The minimum absolute atomic E-state index is 0.0231. The molecule has 2 aromatic heterocycles. The summed E-state index contributed by atoms with van der Waals surface area (Å²) >= 11 is 0. The number of nitrogens with zero attached hydrogens (tertiary/aromatic N) is 8. The van der Waals surface area contributed by atoms with Crippen LogP contribution in [0.15, 0.2) is 84.9 Å². The number of methoxy groups -OCH3 is 1. The van der Waals surface area contributed by atoms with E-state index in [0.717, 1.165) is 22.8 Å². The van der Waals surface area contributed by atoms with E-state index in [9.17, 15) is 41.0 Å². The summed E-state index contributed by atoms with van der Waals surface area (Å²) in [6.07, 6.45) is -9.52. The highest BCUT2D eigenvalue weighted by molar-refractivity contribution is 5.96. The number of carboxylic acid groups (broad SMARTS) is 1. The van der Waals surface area contributed by atoms with Crippen LogP contribution in [-0.2, 0) is 17.1 Å². The number of aromatic nitrogens is 8. The molecular weight excluding hydrogens is 736 g/mol. The highest BCUT2D eigenvalue weighted by Crippen LogP contribution is 2.32. The first-order valence-corrected chi connectivity index (χ1v) is 16.1. The lowest BCUT2D eigenvalue weighted by atomic mass is 10.0. The van der Waals surface area contributed by atoms with Gasteiger partial charge in [-0.15, -0.1) is 10.2 Å². The normalized spacial score (nSPS) is 12.1. The van der Waals surface area contributed by atoms with Gasteiger partial charge in [0.05, 0.1) is 23.5 Å². The van der Waals surface area contributed by atoms with Gasteiger partial charge in [-0.1, -0.05) is 59.7 Å². The Labute approximate surface area is 308 Å². The van der Waals surface area contributed by atoms with Gasteiger partial charge in [-0.25, -0.2) is 4.79 Å². The fraction of sp³-hybridized carbons (Fsp3) is 0.222. The summed E-state index contributed by atoms with van der Waals surface area (Å²) in [6, 6.07) is 22.6. The monoisotopic (exact) mass is 767 g/mol. The number of alkyl halides is 6. The highest BCUT2D eigenvalue weighted by atomic mass is 19.4. The van der Waals surface area contributed by atoms with Crippen molar-refractivity contribution in [1.82, 2.24) is 45.7 Å².